The summed E-state index contributed by atoms with van der Waals surface area (Å²) in [6.45, 7) is 3.84. The highest BCUT2D eigenvalue weighted by molar-refractivity contribution is 5.56. The molecule has 4 heteroatoms. The zero-order valence-electron chi connectivity index (χ0n) is 7.96. The first-order valence-corrected chi connectivity index (χ1v) is 4.78. The van der Waals surface area contributed by atoms with Gasteiger partial charge in [-0.05, 0) is 18.2 Å². The van der Waals surface area contributed by atoms with Crippen molar-refractivity contribution in [2.75, 3.05) is 36.8 Å². The molecule has 1 aliphatic rings. The van der Waals surface area contributed by atoms with E-state index in [2.05, 4.69) is 10.2 Å². The fourth-order valence-corrected chi connectivity index (χ4v) is 1.65. The van der Waals surface area contributed by atoms with Gasteiger partial charge in [-0.25, -0.2) is 4.39 Å². The van der Waals surface area contributed by atoms with Gasteiger partial charge in [0.05, 0.1) is 5.69 Å². The molecule has 0 amide bonds. The van der Waals surface area contributed by atoms with Gasteiger partial charge in [-0.3, -0.25) is 0 Å². The fraction of sp³-hybridized carbons (Fsp3) is 0.400. The summed E-state index contributed by atoms with van der Waals surface area (Å²) < 4.78 is 12.9. The molecule has 14 heavy (non-hydrogen) atoms. The number of nitrogens with zero attached hydrogens (tertiary/aromatic N) is 1. The molecule has 1 aliphatic heterocycles. The average Bonchev–Trinajstić information content (AvgIpc) is 2.23. The fourth-order valence-electron chi connectivity index (χ4n) is 1.65. The summed E-state index contributed by atoms with van der Waals surface area (Å²) in [6, 6.07) is 4.89. The highest BCUT2D eigenvalue weighted by Crippen LogP contribution is 2.20. The molecule has 1 saturated heterocycles. The molecule has 0 radical (unpaired) electrons. The van der Waals surface area contributed by atoms with E-state index in [4.69, 9.17) is 5.73 Å². The Bertz CT molecular complexity index is 321. The van der Waals surface area contributed by atoms with Gasteiger partial charge < -0.3 is 16.0 Å². The van der Waals surface area contributed by atoms with E-state index >= 15 is 0 Å². The molecule has 3 N–H and O–H groups in total. The van der Waals surface area contributed by atoms with E-state index in [0.29, 0.717) is 0 Å². The minimum absolute atomic E-state index is 0.223. The Labute approximate surface area is 82.7 Å². The first-order chi connectivity index (χ1) is 6.77. The van der Waals surface area contributed by atoms with Crippen molar-refractivity contribution >= 4 is 11.4 Å². The number of nitrogens with one attached hydrogen (secondary N) is 1. The lowest BCUT2D eigenvalue weighted by atomic mass is 10.2. The third kappa shape index (κ3) is 1.80. The Hall–Kier alpha value is -1.29. The first-order valence-electron chi connectivity index (χ1n) is 4.78. The molecule has 1 fully saturated rings. The van der Waals surface area contributed by atoms with Crippen molar-refractivity contribution in [2.24, 2.45) is 0 Å². The van der Waals surface area contributed by atoms with Gasteiger partial charge in [-0.2, -0.15) is 0 Å². The molecular formula is C10H14FN3. The number of hydrogen-bond acceptors (Lipinski definition) is 3. The summed E-state index contributed by atoms with van der Waals surface area (Å²) in [5, 5.41) is 3.26. The van der Waals surface area contributed by atoms with Crippen LogP contribution in [-0.4, -0.2) is 26.2 Å². The average molecular weight is 195 g/mol. The lowest BCUT2D eigenvalue weighted by Crippen LogP contribution is -2.43. The molecule has 3 nitrogen and oxygen atoms in total. The number of halogens is 1. The van der Waals surface area contributed by atoms with Crippen LogP contribution in [0.3, 0.4) is 0 Å². The number of rotatable bonds is 1. The quantitative estimate of drug-likeness (QED) is 0.652. The Morgan fingerprint density at radius 3 is 2.64 bits per heavy atom. The van der Waals surface area contributed by atoms with Crippen LogP contribution >= 0.6 is 0 Å². The highest BCUT2D eigenvalue weighted by atomic mass is 19.1. The number of anilines is 2. The largest absolute Gasteiger partial charge is 0.396 e. The third-order valence-electron chi connectivity index (χ3n) is 2.46. The predicted molar refractivity (Wildman–Crippen MR) is 55.9 cm³/mol. The minimum Gasteiger partial charge on any atom is -0.396 e. The number of nitrogens with two attached hydrogens (primary N) is 1. The second-order valence-corrected chi connectivity index (χ2v) is 3.44. The van der Waals surface area contributed by atoms with Crippen LogP contribution < -0.4 is 16.0 Å². The summed E-state index contributed by atoms with van der Waals surface area (Å²) in [4.78, 5) is 2.20. The van der Waals surface area contributed by atoms with Crippen LogP contribution in [0.4, 0.5) is 15.8 Å². The molecule has 1 aromatic rings. The summed E-state index contributed by atoms with van der Waals surface area (Å²) in [5.41, 5.74) is 6.74. The molecule has 0 spiro atoms. The summed E-state index contributed by atoms with van der Waals surface area (Å²) >= 11 is 0. The lowest BCUT2D eigenvalue weighted by Gasteiger charge is -2.29. The maximum atomic E-state index is 12.9. The van der Waals surface area contributed by atoms with E-state index in [1.165, 1.54) is 6.07 Å². The number of benzene rings is 1. The summed E-state index contributed by atoms with van der Waals surface area (Å²) in [7, 11) is 0. The van der Waals surface area contributed by atoms with Crippen molar-refractivity contribution in [1.82, 2.24) is 5.32 Å². The SMILES string of the molecule is Nc1cc(N2CCNCC2)ccc1F. The Morgan fingerprint density at radius 2 is 2.00 bits per heavy atom. The molecule has 76 valence electrons. The molecule has 1 aromatic carbocycles. The van der Waals surface area contributed by atoms with Crippen LogP contribution in [0, 0.1) is 5.82 Å². The summed E-state index contributed by atoms with van der Waals surface area (Å²) in [5.74, 6) is -0.344. The van der Waals surface area contributed by atoms with Gasteiger partial charge in [-0.15, -0.1) is 0 Å². The summed E-state index contributed by atoms with van der Waals surface area (Å²) in [6.07, 6.45) is 0. The maximum Gasteiger partial charge on any atom is 0.146 e. The normalized spacial score (nSPS) is 17.1. The van der Waals surface area contributed by atoms with E-state index in [9.17, 15) is 4.39 Å². The van der Waals surface area contributed by atoms with E-state index in [1.807, 2.05) is 0 Å². The molecule has 0 aliphatic carbocycles. The van der Waals surface area contributed by atoms with Crippen LogP contribution in [0.5, 0.6) is 0 Å². The van der Waals surface area contributed by atoms with Crippen molar-refractivity contribution in [3.8, 4) is 0 Å². The number of piperazine rings is 1. The van der Waals surface area contributed by atoms with Crippen molar-refractivity contribution in [3.63, 3.8) is 0 Å². The molecule has 0 atom stereocenters. The zero-order valence-corrected chi connectivity index (χ0v) is 7.96. The van der Waals surface area contributed by atoms with Gasteiger partial charge in [-0.1, -0.05) is 0 Å². The molecule has 0 unspecified atom stereocenters. The lowest BCUT2D eigenvalue weighted by molar-refractivity contribution is 0.588. The van der Waals surface area contributed by atoms with Gasteiger partial charge in [0.1, 0.15) is 5.82 Å². The molecule has 2 rings (SSSR count). The third-order valence-corrected chi connectivity index (χ3v) is 2.46. The Balaban J connectivity index is 2.18. The topological polar surface area (TPSA) is 41.3 Å². The van der Waals surface area contributed by atoms with Gasteiger partial charge in [0.2, 0.25) is 0 Å². The van der Waals surface area contributed by atoms with Gasteiger partial charge in [0, 0.05) is 31.9 Å². The molecular weight excluding hydrogens is 181 g/mol. The van der Waals surface area contributed by atoms with Crippen LogP contribution in [0.1, 0.15) is 0 Å². The van der Waals surface area contributed by atoms with Crippen molar-refractivity contribution in [3.05, 3.63) is 24.0 Å². The molecule has 0 aromatic heterocycles. The van der Waals surface area contributed by atoms with E-state index in [0.717, 1.165) is 31.9 Å². The standard InChI is InChI=1S/C10H14FN3/c11-9-2-1-8(7-10(9)12)14-5-3-13-4-6-14/h1-2,7,13H,3-6,12H2. The Kier molecular flexibility index (Phi) is 2.54. The van der Waals surface area contributed by atoms with Gasteiger partial charge >= 0.3 is 0 Å². The van der Waals surface area contributed by atoms with Gasteiger partial charge in [0.25, 0.3) is 0 Å². The molecule has 1 heterocycles. The van der Waals surface area contributed by atoms with Crippen LogP contribution in [0.2, 0.25) is 0 Å². The molecule has 0 bridgehead atoms. The second-order valence-electron chi connectivity index (χ2n) is 3.44. The van der Waals surface area contributed by atoms with Crippen molar-refractivity contribution < 1.29 is 4.39 Å². The number of hydrogen-bond donors (Lipinski definition) is 2. The zero-order chi connectivity index (χ0) is 9.97. The van der Waals surface area contributed by atoms with E-state index in [-0.39, 0.29) is 11.5 Å². The van der Waals surface area contributed by atoms with Crippen LogP contribution in [-0.2, 0) is 0 Å². The maximum absolute atomic E-state index is 12.9. The minimum atomic E-state index is -0.344. The smallest absolute Gasteiger partial charge is 0.146 e. The second kappa shape index (κ2) is 3.84. The molecule has 0 saturated carbocycles. The van der Waals surface area contributed by atoms with Crippen molar-refractivity contribution in [2.45, 2.75) is 0 Å². The highest BCUT2D eigenvalue weighted by Gasteiger charge is 2.11. The monoisotopic (exact) mass is 195 g/mol. The number of nitrogen functional groups attached to an aromatic ring is 1. The van der Waals surface area contributed by atoms with Gasteiger partial charge in [0.15, 0.2) is 0 Å². The van der Waals surface area contributed by atoms with E-state index in [1.54, 1.807) is 12.1 Å². The van der Waals surface area contributed by atoms with E-state index < -0.39 is 0 Å². The first kappa shape index (κ1) is 9.27. The van der Waals surface area contributed by atoms with Crippen molar-refractivity contribution in [1.29, 1.82) is 0 Å². The predicted octanol–water partition coefficient (Wildman–Crippen LogP) is 0.817. The Morgan fingerprint density at radius 1 is 1.29 bits per heavy atom. The van der Waals surface area contributed by atoms with Crippen LogP contribution in [0.15, 0.2) is 18.2 Å². The van der Waals surface area contributed by atoms with Crippen LogP contribution in [0.25, 0.3) is 0 Å².